The van der Waals surface area contributed by atoms with Gasteiger partial charge in [0.1, 0.15) is 5.82 Å². The fourth-order valence-corrected chi connectivity index (χ4v) is 3.94. The molecular formula is C16H23ClFN. The highest BCUT2D eigenvalue weighted by Crippen LogP contribution is 2.47. The monoisotopic (exact) mass is 283 g/mol. The molecule has 0 heterocycles. The van der Waals surface area contributed by atoms with Crippen molar-refractivity contribution in [3.63, 3.8) is 0 Å². The average molecular weight is 284 g/mol. The quantitative estimate of drug-likeness (QED) is 0.835. The van der Waals surface area contributed by atoms with E-state index in [-0.39, 0.29) is 5.82 Å². The number of rotatable bonds is 2. The van der Waals surface area contributed by atoms with Crippen molar-refractivity contribution in [2.24, 2.45) is 23.5 Å². The summed E-state index contributed by atoms with van der Waals surface area (Å²) in [4.78, 5) is 0. The van der Waals surface area contributed by atoms with Crippen LogP contribution in [-0.4, -0.2) is 0 Å². The molecule has 1 aromatic carbocycles. The molecule has 0 aliphatic heterocycles. The van der Waals surface area contributed by atoms with Crippen molar-refractivity contribution in [3.8, 4) is 0 Å². The van der Waals surface area contributed by atoms with Gasteiger partial charge in [0.25, 0.3) is 0 Å². The molecule has 19 heavy (non-hydrogen) atoms. The molecule has 0 spiro atoms. The Balaban J connectivity index is 2.49. The molecule has 0 aromatic heterocycles. The Morgan fingerprint density at radius 3 is 2.68 bits per heavy atom. The van der Waals surface area contributed by atoms with E-state index in [4.69, 9.17) is 17.3 Å². The van der Waals surface area contributed by atoms with Gasteiger partial charge in [0.15, 0.2) is 0 Å². The van der Waals surface area contributed by atoms with Gasteiger partial charge in [-0.25, -0.2) is 4.39 Å². The molecule has 0 bridgehead atoms. The fraction of sp³-hybridized carbons (Fsp3) is 0.625. The topological polar surface area (TPSA) is 26.0 Å². The van der Waals surface area contributed by atoms with Crippen LogP contribution in [0.2, 0.25) is 5.02 Å². The van der Waals surface area contributed by atoms with Crippen molar-refractivity contribution < 1.29 is 4.39 Å². The summed E-state index contributed by atoms with van der Waals surface area (Å²) >= 11 is 6.29. The lowest BCUT2D eigenvalue weighted by Gasteiger charge is -2.46. The van der Waals surface area contributed by atoms with Crippen LogP contribution in [0, 0.1) is 23.6 Å². The van der Waals surface area contributed by atoms with E-state index in [0.717, 1.165) is 18.4 Å². The molecule has 1 aromatic rings. The standard InChI is InChI=1S/C16H23ClFN/c1-10(2)13-6-4-11(3)9-16(13,19)14-8-12(18)5-7-15(14)17/h5,7-8,10-11,13H,4,6,9,19H2,1-3H3. The molecule has 1 aliphatic carbocycles. The van der Waals surface area contributed by atoms with Crippen molar-refractivity contribution in [1.29, 1.82) is 0 Å². The average Bonchev–Trinajstić information content (AvgIpc) is 2.31. The summed E-state index contributed by atoms with van der Waals surface area (Å²) in [5, 5.41) is 0.587. The molecule has 0 saturated heterocycles. The van der Waals surface area contributed by atoms with E-state index in [0.29, 0.717) is 22.8 Å². The molecule has 1 aliphatic rings. The third kappa shape index (κ3) is 2.80. The van der Waals surface area contributed by atoms with Crippen LogP contribution in [0.15, 0.2) is 18.2 Å². The van der Waals surface area contributed by atoms with Gasteiger partial charge in [0.2, 0.25) is 0 Å². The van der Waals surface area contributed by atoms with Gasteiger partial charge in [0, 0.05) is 10.6 Å². The maximum absolute atomic E-state index is 13.6. The minimum absolute atomic E-state index is 0.259. The number of nitrogens with two attached hydrogens (primary N) is 1. The molecule has 3 atom stereocenters. The van der Waals surface area contributed by atoms with Crippen LogP contribution in [0.1, 0.15) is 45.6 Å². The van der Waals surface area contributed by atoms with Crippen molar-refractivity contribution in [2.75, 3.05) is 0 Å². The number of hydrogen-bond acceptors (Lipinski definition) is 1. The summed E-state index contributed by atoms with van der Waals surface area (Å²) in [5.41, 5.74) is 7.00. The molecule has 106 valence electrons. The molecular weight excluding hydrogens is 261 g/mol. The highest BCUT2D eigenvalue weighted by molar-refractivity contribution is 6.31. The van der Waals surface area contributed by atoms with Crippen molar-refractivity contribution in [2.45, 2.75) is 45.6 Å². The number of halogens is 2. The molecule has 1 saturated carbocycles. The molecule has 0 amide bonds. The second-order valence-electron chi connectivity index (χ2n) is 6.40. The van der Waals surface area contributed by atoms with Crippen LogP contribution < -0.4 is 5.73 Å². The maximum atomic E-state index is 13.6. The lowest BCUT2D eigenvalue weighted by atomic mass is 9.63. The summed E-state index contributed by atoms with van der Waals surface area (Å²) in [6.45, 7) is 6.59. The molecule has 3 unspecified atom stereocenters. The van der Waals surface area contributed by atoms with E-state index in [9.17, 15) is 4.39 Å². The Kier molecular flexibility index (Phi) is 4.22. The largest absolute Gasteiger partial charge is 0.321 e. The van der Waals surface area contributed by atoms with Gasteiger partial charge in [-0.1, -0.05) is 38.8 Å². The Hall–Kier alpha value is -0.600. The van der Waals surface area contributed by atoms with Crippen LogP contribution in [0.3, 0.4) is 0 Å². The van der Waals surface area contributed by atoms with Gasteiger partial charge in [0.05, 0.1) is 0 Å². The van der Waals surface area contributed by atoms with Crippen LogP contribution in [0.5, 0.6) is 0 Å². The lowest BCUT2D eigenvalue weighted by Crippen LogP contribution is -2.50. The van der Waals surface area contributed by atoms with Crippen LogP contribution in [0.4, 0.5) is 4.39 Å². The predicted octanol–water partition coefficient (Wildman–Crippen LogP) is 4.73. The second-order valence-corrected chi connectivity index (χ2v) is 6.81. The second kappa shape index (κ2) is 5.41. The normalized spacial score (nSPS) is 31.7. The highest BCUT2D eigenvalue weighted by Gasteiger charge is 2.43. The summed E-state index contributed by atoms with van der Waals surface area (Å²) in [6, 6.07) is 4.54. The van der Waals surface area contributed by atoms with Crippen molar-refractivity contribution >= 4 is 11.6 Å². The summed E-state index contributed by atoms with van der Waals surface area (Å²) in [5.74, 6) is 1.11. The lowest BCUT2D eigenvalue weighted by molar-refractivity contribution is 0.108. The first kappa shape index (κ1) is 14.8. The first-order valence-electron chi connectivity index (χ1n) is 7.09. The Morgan fingerprint density at radius 2 is 2.05 bits per heavy atom. The summed E-state index contributed by atoms with van der Waals surface area (Å²) in [6.07, 6.45) is 3.15. The number of benzene rings is 1. The Bertz CT molecular complexity index is 460. The number of hydrogen-bond donors (Lipinski definition) is 1. The smallest absolute Gasteiger partial charge is 0.123 e. The SMILES string of the molecule is CC1CCC(C(C)C)C(N)(c2cc(F)ccc2Cl)C1. The van der Waals surface area contributed by atoms with E-state index >= 15 is 0 Å². The van der Waals surface area contributed by atoms with Gasteiger partial charge in [-0.2, -0.15) is 0 Å². The molecule has 1 fully saturated rings. The van der Waals surface area contributed by atoms with Crippen molar-refractivity contribution in [3.05, 3.63) is 34.6 Å². The zero-order valence-electron chi connectivity index (χ0n) is 11.9. The van der Waals surface area contributed by atoms with Gasteiger partial charge >= 0.3 is 0 Å². The highest BCUT2D eigenvalue weighted by atomic mass is 35.5. The van der Waals surface area contributed by atoms with Crippen LogP contribution in [-0.2, 0) is 5.54 Å². The zero-order valence-corrected chi connectivity index (χ0v) is 12.7. The van der Waals surface area contributed by atoms with Crippen LogP contribution in [0.25, 0.3) is 0 Å². The first-order valence-corrected chi connectivity index (χ1v) is 7.46. The minimum atomic E-state index is -0.509. The zero-order chi connectivity index (χ0) is 14.2. The van der Waals surface area contributed by atoms with E-state index in [1.54, 1.807) is 6.07 Å². The summed E-state index contributed by atoms with van der Waals surface area (Å²) < 4.78 is 13.6. The maximum Gasteiger partial charge on any atom is 0.123 e. The first-order chi connectivity index (χ1) is 8.84. The van der Waals surface area contributed by atoms with Gasteiger partial charge < -0.3 is 5.73 Å². The van der Waals surface area contributed by atoms with Gasteiger partial charge in [-0.05, 0) is 54.4 Å². The molecule has 2 N–H and O–H groups in total. The fourth-order valence-electron chi connectivity index (χ4n) is 3.64. The summed E-state index contributed by atoms with van der Waals surface area (Å²) in [7, 11) is 0. The third-order valence-electron chi connectivity index (χ3n) is 4.55. The Labute approximate surface area is 120 Å². The van der Waals surface area contributed by atoms with E-state index in [2.05, 4.69) is 20.8 Å². The van der Waals surface area contributed by atoms with Gasteiger partial charge in [-0.15, -0.1) is 0 Å². The minimum Gasteiger partial charge on any atom is -0.321 e. The molecule has 2 rings (SSSR count). The molecule has 0 radical (unpaired) electrons. The van der Waals surface area contributed by atoms with E-state index in [1.807, 2.05) is 0 Å². The Morgan fingerprint density at radius 1 is 1.37 bits per heavy atom. The van der Waals surface area contributed by atoms with Crippen molar-refractivity contribution in [1.82, 2.24) is 0 Å². The van der Waals surface area contributed by atoms with E-state index in [1.165, 1.54) is 18.6 Å². The third-order valence-corrected chi connectivity index (χ3v) is 4.88. The van der Waals surface area contributed by atoms with E-state index < -0.39 is 5.54 Å². The predicted molar refractivity (Wildman–Crippen MR) is 78.6 cm³/mol. The molecule has 1 nitrogen and oxygen atoms in total. The van der Waals surface area contributed by atoms with Crippen LogP contribution >= 0.6 is 11.6 Å². The molecule has 3 heteroatoms. The van der Waals surface area contributed by atoms with Gasteiger partial charge in [-0.3, -0.25) is 0 Å².